The maximum absolute atomic E-state index is 11.3. The minimum absolute atomic E-state index is 0.269. The topological polar surface area (TPSA) is 96.8 Å². The fourth-order valence-electron chi connectivity index (χ4n) is 1.79. The van der Waals surface area contributed by atoms with Crippen LogP contribution < -0.4 is 5.69 Å². The molecule has 2 N–H and O–H groups in total. The van der Waals surface area contributed by atoms with Crippen molar-refractivity contribution in [2.75, 3.05) is 7.11 Å². The fourth-order valence-corrected chi connectivity index (χ4v) is 1.79. The lowest BCUT2D eigenvalue weighted by Gasteiger charge is -1.95. The van der Waals surface area contributed by atoms with E-state index in [1.165, 1.54) is 0 Å². The minimum atomic E-state index is -0.269. The number of benzene rings is 1. The van der Waals surface area contributed by atoms with Gasteiger partial charge < -0.3 is 19.2 Å². The molecule has 0 radical (unpaired) electrons. The molecule has 0 spiro atoms. The van der Waals surface area contributed by atoms with Crippen LogP contribution in [-0.2, 0) is 11.3 Å². The van der Waals surface area contributed by atoms with Crippen molar-refractivity contribution in [2.24, 2.45) is 0 Å². The number of aromatic amines is 2. The van der Waals surface area contributed by atoms with Crippen LogP contribution in [0, 0.1) is 0 Å². The Morgan fingerprint density at radius 2 is 2.28 bits per heavy atom. The van der Waals surface area contributed by atoms with Gasteiger partial charge in [-0.25, -0.2) is 4.79 Å². The number of nitrogens with zero attached hydrogens (tertiary/aromatic N) is 2. The zero-order chi connectivity index (χ0) is 12.5. The molecule has 0 aliphatic rings. The van der Waals surface area contributed by atoms with Gasteiger partial charge in [0.25, 0.3) is 5.89 Å². The highest BCUT2D eigenvalue weighted by Crippen LogP contribution is 2.24. The summed E-state index contributed by atoms with van der Waals surface area (Å²) in [4.78, 5) is 20.8. The van der Waals surface area contributed by atoms with Crippen molar-refractivity contribution in [3.8, 4) is 11.5 Å². The summed E-state index contributed by atoms with van der Waals surface area (Å²) in [5, 5.41) is 3.78. The second-order valence-electron chi connectivity index (χ2n) is 3.76. The number of imidazole rings is 1. The molecule has 0 unspecified atom stereocenters. The number of aromatic nitrogens is 4. The number of nitrogens with one attached hydrogen (secondary N) is 2. The van der Waals surface area contributed by atoms with Gasteiger partial charge in [-0.05, 0) is 12.1 Å². The average molecular weight is 246 g/mol. The molecule has 2 aromatic heterocycles. The zero-order valence-electron chi connectivity index (χ0n) is 9.56. The summed E-state index contributed by atoms with van der Waals surface area (Å²) < 4.78 is 10.1. The van der Waals surface area contributed by atoms with Gasteiger partial charge in [0.15, 0.2) is 5.82 Å². The first kappa shape index (κ1) is 10.7. The third-order valence-electron chi connectivity index (χ3n) is 2.52. The van der Waals surface area contributed by atoms with E-state index in [9.17, 15) is 4.79 Å². The van der Waals surface area contributed by atoms with Gasteiger partial charge in [-0.3, -0.25) is 0 Å². The first-order valence-corrected chi connectivity index (χ1v) is 5.31. The standard InChI is InChI=1S/C11H10N4O3/c1-17-5-8-13-10(18-15-8)6-3-2-4-7-9(6)14-11(16)12-7/h2-4H,5H2,1H3,(H2,12,14,16). The van der Waals surface area contributed by atoms with Gasteiger partial charge in [0, 0.05) is 7.11 Å². The van der Waals surface area contributed by atoms with E-state index in [-0.39, 0.29) is 12.3 Å². The maximum atomic E-state index is 11.3. The van der Waals surface area contributed by atoms with Gasteiger partial charge in [-0.2, -0.15) is 4.98 Å². The van der Waals surface area contributed by atoms with E-state index in [4.69, 9.17) is 9.26 Å². The van der Waals surface area contributed by atoms with Crippen molar-refractivity contribution in [1.82, 2.24) is 20.1 Å². The molecule has 0 saturated heterocycles. The molecule has 0 fully saturated rings. The van der Waals surface area contributed by atoms with Gasteiger partial charge in [0.1, 0.15) is 6.61 Å². The van der Waals surface area contributed by atoms with Gasteiger partial charge in [0.2, 0.25) is 0 Å². The average Bonchev–Trinajstić information content (AvgIpc) is 2.94. The predicted octanol–water partition coefficient (Wildman–Crippen LogP) is 1.05. The molecule has 92 valence electrons. The van der Waals surface area contributed by atoms with E-state index in [1.54, 1.807) is 19.2 Å². The Bertz CT molecular complexity index is 740. The highest BCUT2D eigenvalue weighted by molar-refractivity contribution is 5.88. The number of ether oxygens (including phenoxy) is 1. The van der Waals surface area contributed by atoms with Crippen LogP contribution in [0.5, 0.6) is 0 Å². The summed E-state index contributed by atoms with van der Waals surface area (Å²) in [6.45, 7) is 0.281. The highest BCUT2D eigenvalue weighted by Gasteiger charge is 2.13. The predicted molar refractivity (Wildman–Crippen MR) is 62.9 cm³/mol. The molecule has 18 heavy (non-hydrogen) atoms. The van der Waals surface area contributed by atoms with Crippen LogP contribution in [0.1, 0.15) is 5.82 Å². The number of methoxy groups -OCH3 is 1. The lowest BCUT2D eigenvalue weighted by Crippen LogP contribution is -1.99. The lowest BCUT2D eigenvalue weighted by atomic mass is 10.2. The Morgan fingerprint density at radius 1 is 1.39 bits per heavy atom. The summed E-state index contributed by atoms with van der Waals surface area (Å²) >= 11 is 0. The number of fused-ring (bicyclic) bond motifs is 1. The molecule has 0 bridgehead atoms. The van der Waals surface area contributed by atoms with Crippen molar-refractivity contribution in [3.63, 3.8) is 0 Å². The Morgan fingerprint density at radius 3 is 3.11 bits per heavy atom. The number of rotatable bonds is 3. The normalized spacial score (nSPS) is 11.2. The molecule has 2 heterocycles. The first-order valence-electron chi connectivity index (χ1n) is 5.31. The van der Waals surface area contributed by atoms with Crippen molar-refractivity contribution >= 4 is 11.0 Å². The molecule has 0 saturated carbocycles. The van der Waals surface area contributed by atoms with E-state index in [0.29, 0.717) is 28.3 Å². The Labute approximate surface area is 101 Å². The number of H-pyrrole nitrogens is 2. The van der Waals surface area contributed by atoms with Crippen LogP contribution in [0.3, 0.4) is 0 Å². The Hall–Kier alpha value is -2.41. The van der Waals surface area contributed by atoms with Crippen molar-refractivity contribution < 1.29 is 9.26 Å². The molecule has 7 nitrogen and oxygen atoms in total. The van der Waals surface area contributed by atoms with E-state index < -0.39 is 0 Å². The first-order chi connectivity index (χ1) is 8.78. The van der Waals surface area contributed by atoms with Crippen LogP contribution >= 0.6 is 0 Å². The van der Waals surface area contributed by atoms with E-state index >= 15 is 0 Å². The highest BCUT2D eigenvalue weighted by atomic mass is 16.5. The lowest BCUT2D eigenvalue weighted by molar-refractivity contribution is 0.174. The number of hydrogen-bond donors (Lipinski definition) is 2. The van der Waals surface area contributed by atoms with Crippen molar-refractivity contribution in [3.05, 3.63) is 34.5 Å². The van der Waals surface area contributed by atoms with Crippen molar-refractivity contribution in [2.45, 2.75) is 6.61 Å². The van der Waals surface area contributed by atoms with Gasteiger partial charge in [-0.15, -0.1) is 0 Å². The quantitative estimate of drug-likeness (QED) is 0.720. The molecule has 0 aliphatic heterocycles. The Kier molecular flexibility index (Phi) is 2.45. The number of para-hydroxylation sites is 1. The summed E-state index contributed by atoms with van der Waals surface area (Å²) in [7, 11) is 1.56. The van der Waals surface area contributed by atoms with Crippen LogP contribution in [0.15, 0.2) is 27.5 Å². The minimum Gasteiger partial charge on any atom is -0.377 e. The molecule has 0 atom stereocenters. The zero-order valence-corrected chi connectivity index (χ0v) is 9.56. The van der Waals surface area contributed by atoms with E-state index in [1.807, 2.05) is 6.07 Å². The van der Waals surface area contributed by atoms with Crippen molar-refractivity contribution in [1.29, 1.82) is 0 Å². The summed E-state index contributed by atoms with van der Waals surface area (Å²) in [5.74, 6) is 0.810. The molecule has 7 heteroatoms. The van der Waals surface area contributed by atoms with Crippen LogP contribution in [0.2, 0.25) is 0 Å². The molecule has 3 rings (SSSR count). The molecule has 1 aromatic carbocycles. The summed E-state index contributed by atoms with van der Waals surface area (Å²) in [5.41, 5.74) is 1.76. The number of hydrogen-bond acceptors (Lipinski definition) is 5. The summed E-state index contributed by atoms with van der Waals surface area (Å²) in [6, 6.07) is 5.40. The Balaban J connectivity index is 2.15. The molecule has 0 amide bonds. The summed E-state index contributed by atoms with van der Waals surface area (Å²) in [6.07, 6.45) is 0. The SMILES string of the molecule is COCc1noc(-c2cccc3[nH]c(=O)[nH]c23)n1. The van der Waals surface area contributed by atoms with Crippen LogP contribution in [0.25, 0.3) is 22.5 Å². The van der Waals surface area contributed by atoms with Gasteiger partial charge in [-0.1, -0.05) is 11.2 Å². The van der Waals surface area contributed by atoms with Gasteiger partial charge >= 0.3 is 5.69 Å². The van der Waals surface area contributed by atoms with Gasteiger partial charge in [0.05, 0.1) is 16.6 Å². The molecular formula is C11H10N4O3. The van der Waals surface area contributed by atoms with E-state index in [0.717, 1.165) is 0 Å². The van der Waals surface area contributed by atoms with Crippen LogP contribution in [0.4, 0.5) is 0 Å². The second-order valence-corrected chi connectivity index (χ2v) is 3.76. The van der Waals surface area contributed by atoms with E-state index in [2.05, 4.69) is 20.1 Å². The molecule has 3 aromatic rings. The second kappa shape index (κ2) is 4.11. The molecule has 0 aliphatic carbocycles. The third-order valence-corrected chi connectivity index (χ3v) is 2.52. The molecular weight excluding hydrogens is 236 g/mol. The van der Waals surface area contributed by atoms with Crippen LogP contribution in [-0.4, -0.2) is 27.2 Å². The smallest absolute Gasteiger partial charge is 0.323 e. The fraction of sp³-hybridized carbons (Fsp3) is 0.182. The maximum Gasteiger partial charge on any atom is 0.323 e. The third kappa shape index (κ3) is 1.70. The monoisotopic (exact) mass is 246 g/mol. The largest absolute Gasteiger partial charge is 0.377 e.